The summed E-state index contributed by atoms with van der Waals surface area (Å²) in [7, 11) is 1.81. The highest BCUT2D eigenvalue weighted by Crippen LogP contribution is 2.37. The van der Waals surface area contributed by atoms with Crippen LogP contribution in [0.5, 0.6) is 17.2 Å². The van der Waals surface area contributed by atoms with Crippen LogP contribution in [-0.2, 0) is 17.6 Å². The Morgan fingerprint density at radius 1 is 1.18 bits per heavy atom. The molecule has 5 rings (SSSR count). The molecule has 0 spiro atoms. The average Bonchev–Trinajstić information content (AvgIpc) is 3.38. The number of H-pyrrole nitrogens is 1. The van der Waals surface area contributed by atoms with Crippen molar-refractivity contribution in [2.45, 2.75) is 25.2 Å². The Morgan fingerprint density at radius 2 is 2.06 bits per heavy atom. The second-order valence-electron chi connectivity index (χ2n) is 8.22. The van der Waals surface area contributed by atoms with Crippen molar-refractivity contribution in [2.24, 2.45) is 0 Å². The van der Waals surface area contributed by atoms with E-state index in [4.69, 9.17) is 9.47 Å². The van der Waals surface area contributed by atoms with Gasteiger partial charge in [-0.25, -0.2) is 9.97 Å². The van der Waals surface area contributed by atoms with Crippen LogP contribution in [0.2, 0.25) is 0 Å². The fourth-order valence-electron chi connectivity index (χ4n) is 4.28. The smallest absolute Gasteiger partial charge is 0.135 e. The maximum absolute atomic E-state index is 10.9. The number of pyridine rings is 1. The number of carbonyl (C=O) groups excluding carboxylic acids is 1. The zero-order valence-corrected chi connectivity index (χ0v) is 19.0. The van der Waals surface area contributed by atoms with E-state index in [0.29, 0.717) is 36.8 Å². The fraction of sp³-hybridized carbons (Fsp3) is 0.222. The zero-order chi connectivity index (χ0) is 23.3. The maximum Gasteiger partial charge on any atom is 0.135 e. The number of benzene rings is 2. The molecule has 172 valence electrons. The van der Waals surface area contributed by atoms with E-state index >= 15 is 0 Å². The topological polar surface area (TPSA) is 89.1 Å². The predicted molar refractivity (Wildman–Crippen MR) is 131 cm³/mol. The van der Waals surface area contributed by atoms with Gasteiger partial charge in [0, 0.05) is 25.2 Å². The number of nitrogens with zero attached hydrogens (tertiary/aromatic N) is 2. The molecule has 34 heavy (non-hydrogen) atoms. The van der Waals surface area contributed by atoms with Crippen LogP contribution in [0.15, 0.2) is 67.0 Å². The van der Waals surface area contributed by atoms with E-state index in [1.165, 1.54) is 0 Å². The van der Waals surface area contributed by atoms with Gasteiger partial charge < -0.3 is 24.6 Å². The third kappa shape index (κ3) is 4.50. The number of hydrogen-bond acceptors (Lipinski definition) is 6. The first kappa shape index (κ1) is 21.7. The summed E-state index contributed by atoms with van der Waals surface area (Å²) in [6.45, 7) is 0.570. The van der Waals surface area contributed by atoms with Crippen molar-refractivity contribution >= 4 is 12.1 Å². The normalized spacial score (nSPS) is 14.7. The van der Waals surface area contributed by atoms with E-state index in [9.17, 15) is 4.79 Å². The summed E-state index contributed by atoms with van der Waals surface area (Å²) in [5.41, 5.74) is 4.06. The predicted octanol–water partition coefficient (Wildman–Crippen LogP) is 5.16. The number of aromatic nitrogens is 3. The minimum Gasteiger partial charge on any atom is -0.493 e. The number of imidazole rings is 1. The van der Waals surface area contributed by atoms with Crippen molar-refractivity contribution in [1.82, 2.24) is 15.0 Å². The first-order valence-electron chi connectivity index (χ1n) is 11.4. The summed E-state index contributed by atoms with van der Waals surface area (Å²) in [6, 6.07) is 17.9. The molecule has 0 bridgehead atoms. The van der Waals surface area contributed by atoms with Crippen LogP contribution in [0.1, 0.15) is 29.3 Å². The van der Waals surface area contributed by atoms with Gasteiger partial charge in [-0.1, -0.05) is 30.3 Å². The van der Waals surface area contributed by atoms with Gasteiger partial charge in [-0.3, -0.25) is 0 Å². The molecule has 7 nitrogen and oxygen atoms in total. The molecule has 3 heterocycles. The molecule has 1 aliphatic rings. The standard InChI is InChI=1S/C27H26N4O3/c1-28-27-22(8-5-13-32)25(11-12-29-27)34-21-9-10-24-19(15-21)14-20(17-33-24)26-30-16-23(31-26)18-6-3-2-4-7-18/h2-4,6-7,9-13,15-16,20H,5,8,14,17H2,1H3,(H,28,29)(H,30,31). The molecule has 2 N–H and O–H groups in total. The second kappa shape index (κ2) is 9.79. The largest absolute Gasteiger partial charge is 0.493 e. The van der Waals surface area contributed by atoms with Crippen LogP contribution >= 0.6 is 0 Å². The Morgan fingerprint density at radius 3 is 2.88 bits per heavy atom. The number of rotatable bonds is 8. The Bertz CT molecular complexity index is 1290. The van der Waals surface area contributed by atoms with Crippen molar-refractivity contribution in [1.29, 1.82) is 0 Å². The van der Waals surface area contributed by atoms with Crippen LogP contribution in [0.4, 0.5) is 5.82 Å². The molecule has 2 aromatic carbocycles. The lowest BCUT2D eigenvalue weighted by Gasteiger charge is -2.24. The van der Waals surface area contributed by atoms with Crippen molar-refractivity contribution in [3.8, 4) is 28.5 Å². The Labute approximate surface area is 198 Å². The molecule has 0 saturated heterocycles. The monoisotopic (exact) mass is 454 g/mol. The second-order valence-corrected chi connectivity index (χ2v) is 8.22. The fourth-order valence-corrected chi connectivity index (χ4v) is 4.28. The van der Waals surface area contributed by atoms with Gasteiger partial charge in [0.1, 0.15) is 35.2 Å². The number of anilines is 1. The number of nitrogens with one attached hydrogen (secondary N) is 2. The minimum absolute atomic E-state index is 0.125. The lowest BCUT2D eigenvalue weighted by Crippen LogP contribution is -2.20. The van der Waals surface area contributed by atoms with Gasteiger partial charge in [-0.15, -0.1) is 0 Å². The van der Waals surface area contributed by atoms with Gasteiger partial charge >= 0.3 is 0 Å². The third-order valence-electron chi connectivity index (χ3n) is 5.99. The van der Waals surface area contributed by atoms with Gasteiger partial charge in [0.05, 0.1) is 24.4 Å². The molecule has 1 unspecified atom stereocenters. The van der Waals surface area contributed by atoms with Crippen LogP contribution in [0, 0.1) is 0 Å². The van der Waals surface area contributed by atoms with Crippen LogP contribution in [0.3, 0.4) is 0 Å². The summed E-state index contributed by atoms with van der Waals surface area (Å²) in [5, 5.41) is 3.08. The van der Waals surface area contributed by atoms with Crippen molar-refractivity contribution in [3.05, 3.63) is 83.9 Å². The number of aromatic amines is 1. The summed E-state index contributed by atoms with van der Waals surface area (Å²) in [4.78, 5) is 23.4. The highest BCUT2D eigenvalue weighted by molar-refractivity contribution is 5.59. The molecule has 4 aromatic rings. The number of ether oxygens (including phenoxy) is 2. The number of hydrogen-bond donors (Lipinski definition) is 2. The molecule has 1 atom stereocenters. The number of fused-ring (bicyclic) bond motifs is 1. The Kier molecular flexibility index (Phi) is 6.25. The van der Waals surface area contributed by atoms with E-state index in [-0.39, 0.29) is 5.92 Å². The quantitative estimate of drug-likeness (QED) is 0.358. The molecule has 0 radical (unpaired) electrons. The molecule has 0 amide bonds. The Balaban J connectivity index is 1.36. The summed E-state index contributed by atoms with van der Waals surface area (Å²) in [5.74, 6) is 4.03. The minimum atomic E-state index is 0.125. The molecule has 2 aromatic heterocycles. The molecule has 1 aliphatic heterocycles. The van der Waals surface area contributed by atoms with E-state index in [0.717, 1.165) is 46.7 Å². The SMILES string of the molecule is CNc1nccc(Oc2ccc3c(c2)CC(c2ncc(-c4ccccc4)[nH]2)CO3)c1CCC=O. The number of carbonyl (C=O) groups is 1. The van der Waals surface area contributed by atoms with E-state index in [2.05, 4.69) is 32.4 Å². The third-order valence-corrected chi connectivity index (χ3v) is 5.99. The van der Waals surface area contributed by atoms with Crippen molar-refractivity contribution in [3.63, 3.8) is 0 Å². The van der Waals surface area contributed by atoms with Crippen LogP contribution < -0.4 is 14.8 Å². The highest BCUT2D eigenvalue weighted by Gasteiger charge is 2.24. The molecule has 0 aliphatic carbocycles. The first-order chi connectivity index (χ1) is 16.7. The van der Waals surface area contributed by atoms with Gasteiger partial charge in [0.15, 0.2) is 0 Å². The molecular formula is C27H26N4O3. The number of aldehydes is 1. The molecule has 0 fully saturated rings. The van der Waals surface area contributed by atoms with Gasteiger partial charge in [0.2, 0.25) is 0 Å². The van der Waals surface area contributed by atoms with E-state index < -0.39 is 0 Å². The van der Waals surface area contributed by atoms with E-state index in [1.807, 2.05) is 55.7 Å². The van der Waals surface area contributed by atoms with Crippen LogP contribution in [0.25, 0.3) is 11.3 Å². The lowest BCUT2D eigenvalue weighted by molar-refractivity contribution is -0.107. The highest BCUT2D eigenvalue weighted by atomic mass is 16.5. The molecule has 0 saturated carbocycles. The zero-order valence-electron chi connectivity index (χ0n) is 19.0. The van der Waals surface area contributed by atoms with Gasteiger partial charge in [-0.2, -0.15) is 0 Å². The molecular weight excluding hydrogens is 428 g/mol. The Hall–Kier alpha value is -4.13. The first-order valence-corrected chi connectivity index (χ1v) is 11.4. The summed E-state index contributed by atoms with van der Waals surface area (Å²) in [6.07, 6.45) is 6.24. The maximum atomic E-state index is 10.9. The van der Waals surface area contributed by atoms with Crippen LogP contribution in [-0.4, -0.2) is 34.9 Å². The van der Waals surface area contributed by atoms with Crippen molar-refractivity contribution in [2.75, 3.05) is 19.0 Å². The summed E-state index contributed by atoms with van der Waals surface area (Å²) < 4.78 is 12.3. The molecule has 7 heteroatoms. The average molecular weight is 455 g/mol. The van der Waals surface area contributed by atoms with Crippen molar-refractivity contribution < 1.29 is 14.3 Å². The lowest BCUT2D eigenvalue weighted by atomic mass is 9.96. The van der Waals surface area contributed by atoms with E-state index in [1.54, 1.807) is 6.20 Å². The van der Waals surface area contributed by atoms with Gasteiger partial charge in [-0.05, 0) is 48.2 Å². The van der Waals surface area contributed by atoms with Gasteiger partial charge in [0.25, 0.3) is 0 Å². The summed E-state index contributed by atoms with van der Waals surface area (Å²) >= 11 is 0.